The molecule has 138 valence electrons. The fourth-order valence-electron chi connectivity index (χ4n) is 2.89. The van der Waals surface area contributed by atoms with Crippen LogP contribution in [-0.2, 0) is 9.53 Å². The van der Waals surface area contributed by atoms with Crippen molar-refractivity contribution in [2.75, 3.05) is 5.32 Å². The number of ether oxygens (including phenoxy) is 1. The summed E-state index contributed by atoms with van der Waals surface area (Å²) >= 11 is 0. The summed E-state index contributed by atoms with van der Waals surface area (Å²) in [7, 11) is 0. The number of para-hydroxylation sites is 2. The summed E-state index contributed by atoms with van der Waals surface area (Å²) in [6.45, 7) is 5.64. The summed E-state index contributed by atoms with van der Waals surface area (Å²) in [5, 5.41) is 2.88. The summed E-state index contributed by atoms with van der Waals surface area (Å²) < 4.78 is 5.49. The highest BCUT2D eigenvalue weighted by Gasteiger charge is 2.24. The monoisotopic (exact) mass is 363 g/mol. The van der Waals surface area contributed by atoms with Gasteiger partial charge < -0.3 is 10.1 Å². The number of fused-ring (bicyclic) bond motifs is 1. The summed E-state index contributed by atoms with van der Waals surface area (Å²) in [6, 6.07) is 10.9. The van der Waals surface area contributed by atoms with Gasteiger partial charge in [0.15, 0.2) is 6.10 Å². The molecule has 6 heteroatoms. The Bertz CT molecular complexity index is 975. The van der Waals surface area contributed by atoms with Crippen LogP contribution < -0.4 is 5.32 Å². The van der Waals surface area contributed by atoms with E-state index in [-0.39, 0.29) is 5.91 Å². The molecule has 27 heavy (non-hydrogen) atoms. The molecule has 0 saturated carbocycles. The highest BCUT2D eigenvalue weighted by molar-refractivity contribution is 6.03. The molecule has 1 heterocycles. The van der Waals surface area contributed by atoms with Crippen LogP contribution in [0.4, 0.5) is 5.69 Å². The van der Waals surface area contributed by atoms with Crippen LogP contribution in [0.1, 0.15) is 34.8 Å². The molecule has 3 rings (SSSR count). The summed E-state index contributed by atoms with van der Waals surface area (Å²) in [5.41, 5.74) is 3.99. The van der Waals surface area contributed by atoms with Crippen molar-refractivity contribution in [3.05, 3.63) is 65.5 Å². The van der Waals surface area contributed by atoms with Crippen LogP contribution in [0.25, 0.3) is 11.0 Å². The molecule has 1 N–H and O–H groups in total. The van der Waals surface area contributed by atoms with Gasteiger partial charge in [0.1, 0.15) is 5.52 Å². The zero-order chi connectivity index (χ0) is 19.4. The van der Waals surface area contributed by atoms with Crippen LogP contribution >= 0.6 is 0 Å². The largest absolute Gasteiger partial charge is 0.449 e. The number of aryl methyl sites for hydroxylation is 2. The molecule has 3 aromatic rings. The second-order valence-electron chi connectivity index (χ2n) is 6.29. The second-order valence-corrected chi connectivity index (χ2v) is 6.29. The maximum atomic E-state index is 12.7. The topological polar surface area (TPSA) is 81.2 Å². The number of nitrogens with one attached hydrogen (secondary N) is 1. The third-order valence-electron chi connectivity index (χ3n) is 4.36. The third-order valence-corrected chi connectivity index (χ3v) is 4.36. The smallest absolute Gasteiger partial charge is 0.341 e. The second kappa shape index (κ2) is 7.95. The van der Waals surface area contributed by atoms with Crippen LogP contribution in [0, 0.1) is 13.8 Å². The summed E-state index contributed by atoms with van der Waals surface area (Å²) in [5.74, 6) is -0.945. The van der Waals surface area contributed by atoms with Crippen LogP contribution in [0.2, 0.25) is 0 Å². The quantitative estimate of drug-likeness (QED) is 0.697. The zero-order valence-corrected chi connectivity index (χ0v) is 15.5. The molecule has 1 unspecified atom stereocenters. The normalized spacial score (nSPS) is 11.8. The molecule has 0 radical (unpaired) electrons. The molecule has 6 nitrogen and oxygen atoms in total. The molecule has 0 saturated heterocycles. The van der Waals surface area contributed by atoms with Gasteiger partial charge in [-0.15, -0.1) is 0 Å². The maximum absolute atomic E-state index is 12.7. The lowest BCUT2D eigenvalue weighted by Gasteiger charge is -2.18. The van der Waals surface area contributed by atoms with Crippen LogP contribution in [0.3, 0.4) is 0 Å². The molecule has 0 aliphatic heterocycles. The average Bonchev–Trinajstić information content (AvgIpc) is 2.68. The number of carbonyl (C=O) groups is 2. The SMILES string of the molecule is CCC(OC(=O)c1cccc2nccnc12)C(=O)Nc1c(C)cccc1C. The number of aromatic nitrogens is 2. The Morgan fingerprint density at radius 1 is 1.04 bits per heavy atom. The van der Waals surface area contributed by atoms with Gasteiger partial charge in [-0.25, -0.2) is 4.79 Å². The van der Waals surface area contributed by atoms with Crippen molar-refractivity contribution in [1.82, 2.24) is 9.97 Å². The Kier molecular flexibility index (Phi) is 5.45. The van der Waals surface area contributed by atoms with Crippen LogP contribution in [-0.4, -0.2) is 27.9 Å². The lowest BCUT2D eigenvalue weighted by atomic mass is 10.1. The molecular weight excluding hydrogens is 342 g/mol. The first-order valence-electron chi connectivity index (χ1n) is 8.79. The summed E-state index contributed by atoms with van der Waals surface area (Å²) in [6.07, 6.45) is 2.54. The number of benzene rings is 2. The Morgan fingerprint density at radius 3 is 2.41 bits per heavy atom. The number of esters is 1. The molecule has 1 aromatic heterocycles. The van der Waals surface area contributed by atoms with Crippen molar-refractivity contribution < 1.29 is 14.3 Å². The van der Waals surface area contributed by atoms with Gasteiger partial charge in [-0.3, -0.25) is 14.8 Å². The number of anilines is 1. The van der Waals surface area contributed by atoms with Gasteiger partial charge >= 0.3 is 5.97 Å². The van der Waals surface area contributed by atoms with Gasteiger partial charge in [0.25, 0.3) is 5.91 Å². The first-order valence-corrected chi connectivity index (χ1v) is 8.79. The minimum Gasteiger partial charge on any atom is -0.449 e. The number of hydrogen-bond acceptors (Lipinski definition) is 5. The predicted molar refractivity (Wildman–Crippen MR) is 104 cm³/mol. The Labute approximate surface area is 157 Å². The van der Waals surface area contributed by atoms with Gasteiger partial charge in [-0.05, 0) is 43.5 Å². The number of hydrogen-bond donors (Lipinski definition) is 1. The van der Waals surface area contributed by atoms with E-state index in [9.17, 15) is 9.59 Å². The van der Waals surface area contributed by atoms with Gasteiger partial charge in [-0.2, -0.15) is 0 Å². The molecular formula is C21H21N3O3. The summed E-state index contributed by atoms with van der Waals surface area (Å²) in [4.78, 5) is 33.7. The number of carbonyl (C=O) groups excluding carboxylic acids is 2. The lowest BCUT2D eigenvalue weighted by Crippen LogP contribution is -2.32. The highest BCUT2D eigenvalue weighted by Crippen LogP contribution is 2.21. The fraction of sp³-hybridized carbons (Fsp3) is 0.238. The molecule has 0 aliphatic carbocycles. The number of nitrogens with zero attached hydrogens (tertiary/aromatic N) is 2. The fourth-order valence-corrected chi connectivity index (χ4v) is 2.89. The molecule has 1 atom stereocenters. The number of rotatable bonds is 5. The number of amides is 1. The van der Waals surface area contributed by atoms with Crippen LogP contribution in [0.5, 0.6) is 0 Å². The first kappa shape index (κ1) is 18.5. The van der Waals surface area contributed by atoms with Crippen molar-refractivity contribution >= 4 is 28.6 Å². The Hall–Kier alpha value is -3.28. The van der Waals surface area contributed by atoms with E-state index < -0.39 is 12.1 Å². The van der Waals surface area contributed by atoms with Gasteiger partial charge in [0, 0.05) is 18.1 Å². The van der Waals surface area contributed by atoms with E-state index in [1.165, 1.54) is 6.20 Å². The lowest BCUT2D eigenvalue weighted by molar-refractivity contribution is -0.124. The van der Waals surface area contributed by atoms with Gasteiger partial charge in [0.05, 0.1) is 11.1 Å². The molecule has 0 spiro atoms. The van der Waals surface area contributed by atoms with E-state index in [4.69, 9.17) is 4.74 Å². The van der Waals surface area contributed by atoms with Crippen molar-refractivity contribution in [1.29, 1.82) is 0 Å². The minimum absolute atomic E-state index is 0.291. The molecule has 0 fully saturated rings. The highest BCUT2D eigenvalue weighted by atomic mass is 16.5. The molecule has 2 aromatic carbocycles. The minimum atomic E-state index is -0.900. The molecule has 0 aliphatic rings. The zero-order valence-electron chi connectivity index (χ0n) is 15.5. The standard InChI is InChI=1S/C21H21N3O3/c1-4-17(20(25)24-18-13(2)7-5-8-14(18)3)27-21(26)15-9-6-10-16-19(15)23-12-11-22-16/h5-12,17H,4H2,1-3H3,(H,24,25). The van der Waals surface area contributed by atoms with E-state index in [1.807, 2.05) is 32.0 Å². The molecule has 0 bridgehead atoms. The van der Waals surface area contributed by atoms with E-state index in [2.05, 4.69) is 15.3 Å². The van der Waals surface area contributed by atoms with Gasteiger partial charge in [0.2, 0.25) is 0 Å². The van der Waals surface area contributed by atoms with Crippen molar-refractivity contribution in [2.24, 2.45) is 0 Å². The van der Waals surface area contributed by atoms with Crippen molar-refractivity contribution in [2.45, 2.75) is 33.3 Å². The van der Waals surface area contributed by atoms with E-state index in [0.29, 0.717) is 23.0 Å². The van der Waals surface area contributed by atoms with Crippen LogP contribution in [0.15, 0.2) is 48.8 Å². The molecule has 1 amide bonds. The van der Waals surface area contributed by atoms with Gasteiger partial charge in [-0.1, -0.05) is 31.2 Å². The predicted octanol–water partition coefficient (Wildman–Crippen LogP) is 3.82. The average molecular weight is 363 g/mol. The first-order chi connectivity index (χ1) is 13.0. The Morgan fingerprint density at radius 2 is 1.70 bits per heavy atom. The van der Waals surface area contributed by atoms with E-state index in [0.717, 1.165) is 16.8 Å². The Balaban J connectivity index is 1.80. The van der Waals surface area contributed by atoms with E-state index in [1.54, 1.807) is 31.3 Å². The maximum Gasteiger partial charge on any atom is 0.341 e. The van der Waals surface area contributed by atoms with E-state index >= 15 is 0 Å². The van der Waals surface area contributed by atoms with Crippen molar-refractivity contribution in [3.63, 3.8) is 0 Å². The third kappa shape index (κ3) is 3.95. The van der Waals surface area contributed by atoms with Crippen molar-refractivity contribution in [3.8, 4) is 0 Å².